The highest BCUT2D eigenvalue weighted by atomic mass is 14.1. The van der Waals surface area contributed by atoms with E-state index in [9.17, 15) is 0 Å². The summed E-state index contributed by atoms with van der Waals surface area (Å²) < 4.78 is 0. The van der Waals surface area contributed by atoms with Crippen LogP contribution in [0.3, 0.4) is 0 Å². The zero-order valence-corrected chi connectivity index (χ0v) is 43.8. The molecule has 0 aliphatic heterocycles. The van der Waals surface area contributed by atoms with Crippen LogP contribution in [-0.4, -0.2) is 0 Å². The van der Waals surface area contributed by atoms with Gasteiger partial charge in [-0.1, -0.05) is 323 Å². The van der Waals surface area contributed by atoms with E-state index in [2.05, 4.69) is 118 Å². The van der Waals surface area contributed by atoms with Crippen molar-refractivity contribution in [2.24, 2.45) is 23.7 Å². The molecule has 0 amide bonds. The molecule has 3 atom stereocenters. The minimum atomic E-state index is 0.882. The summed E-state index contributed by atoms with van der Waals surface area (Å²) in [6.45, 7) is 23.4. The molecule has 0 nitrogen and oxygen atoms in total. The Kier molecular flexibility index (Phi) is 61.1. The Balaban J connectivity index is -0.000000812. The van der Waals surface area contributed by atoms with Crippen LogP contribution in [0.2, 0.25) is 0 Å². The van der Waals surface area contributed by atoms with E-state index in [0.29, 0.717) is 0 Å². The minimum Gasteiger partial charge on any atom is -0.0882 e. The molecule has 0 heterocycles. The Labute approximate surface area is 384 Å². The van der Waals surface area contributed by atoms with Crippen molar-refractivity contribution in [3.05, 3.63) is 48.6 Å². The van der Waals surface area contributed by atoms with Gasteiger partial charge in [0.15, 0.2) is 0 Å². The average molecular weight is 840 g/mol. The molecule has 0 bridgehead atoms. The fraction of sp³-hybridized carbons (Fsp3) is 0.867. The minimum absolute atomic E-state index is 0.882. The van der Waals surface area contributed by atoms with Crippen LogP contribution in [-0.2, 0) is 0 Å². The lowest BCUT2D eigenvalue weighted by atomic mass is 9.91. The van der Waals surface area contributed by atoms with Gasteiger partial charge in [0.25, 0.3) is 0 Å². The molecule has 0 radical (unpaired) electrons. The largest absolute Gasteiger partial charge is 0.0882 e. The topological polar surface area (TPSA) is 0 Å². The standard InChI is InChI=1S/2C20H42.C20H34/c1-7-18(4)12-9-14-20(6)16-10-15-19(5)13-8-11-17(2)3;2*1-3-5-7-9-11-13-15-17-19-20-18-16-14-12-10-8-6-4-2/h17-20H,7-16H2,1-6H3;3-20H2,1-2H3;9,11-12,14-15,17-18,20H,3-8,10,13,16,19H2,1-2H3/b;;11-9-,14-12-,17-15-,20-18-. The number of unbranched alkanes of at least 4 members (excludes halogenated alkanes) is 22. The first-order chi connectivity index (χ1) is 29.3. The van der Waals surface area contributed by atoms with Crippen molar-refractivity contribution < 1.29 is 0 Å². The number of allylic oxidation sites excluding steroid dienone is 8. The predicted octanol–water partition coefficient (Wildman–Crippen LogP) is 22.7. The van der Waals surface area contributed by atoms with E-state index in [0.717, 1.165) is 42.9 Å². The highest BCUT2D eigenvalue weighted by molar-refractivity contribution is 4.99. The second-order valence-electron chi connectivity index (χ2n) is 19.8. The van der Waals surface area contributed by atoms with Crippen LogP contribution >= 0.6 is 0 Å². The lowest BCUT2D eigenvalue weighted by Crippen LogP contribution is -2.01. The van der Waals surface area contributed by atoms with Gasteiger partial charge in [0, 0.05) is 0 Å². The Bertz CT molecular complexity index is 822. The van der Waals surface area contributed by atoms with Gasteiger partial charge in [-0.15, -0.1) is 0 Å². The molecule has 0 aromatic rings. The third kappa shape index (κ3) is 63.6. The molecule has 0 fully saturated rings. The maximum Gasteiger partial charge on any atom is -0.0169 e. The van der Waals surface area contributed by atoms with Crippen molar-refractivity contribution >= 4 is 0 Å². The summed E-state index contributed by atoms with van der Waals surface area (Å²) >= 11 is 0. The van der Waals surface area contributed by atoms with E-state index < -0.39 is 0 Å². The Morgan fingerprint density at radius 3 is 0.833 bits per heavy atom. The predicted molar refractivity (Wildman–Crippen MR) is 283 cm³/mol. The first-order valence-corrected chi connectivity index (χ1v) is 27.9. The van der Waals surface area contributed by atoms with Gasteiger partial charge in [0.2, 0.25) is 0 Å². The van der Waals surface area contributed by atoms with Crippen LogP contribution < -0.4 is 0 Å². The van der Waals surface area contributed by atoms with E-state index in [4.69, 9.17) is 0 Å². The molecule has 0 N–H and O–H groups in total. The molecule has 0 spiro atoms. The van der Waals surface area contributed by atoms with Crippen LogP contribution in [0.5, 0.6) is 0 Å². The van der Waals surface area contributed by atoms with E-state index in [1.165, 1.54) is 225 Å². The maximum atomic E-state index is 2.46. The van der Waals surface area contributed by atoms with Crippen LogP contribution in [0.15, 0.2) is 48.6 Å². The summed E-state index contributed by atoms with van der Waals surface area (Å²) in [5.41, 5.74) is 0. The number of rotatable bonds is 43. The summed E-state index contributed by atoms with van der Waals surface area (Å²) in [7, 11) is 0. The van der Waals surface area contributed by atoms with Gasteiger partial charge in [-0.25, -0.2) is 0 Å². The van der Waals surface area contributed by atoms with Crippen molar-refractivity contribution in [3.8, 4) is 0 Å². The molecular weight excluding hydrogens is 721 g/mol. The second-order valence-corrected chi connectivity index (χ2v) is 19.8. The maximum absolute atomic E-state index is 2.46. The van der Waals surface area contributed by atoms with Gasteiger partial charge in [0.1, 0.15) is 0 Å². The Morgan fingerprint density at radius 2 is 0.517 bits per heavy atom. The fourth-order valence-corrected chi connectivity index (χ4v) is 7.85. The van der Waals surface area contributed by atoms with Gasteiger partial charge in [-0.2, -0.15) is 0 Å². The van der Waals surface area contributed by atoms with Crippen LogP contribution in [0, 0.1) is 23.7 Å². The van der Waals surface area contributed by atoms with E-state index in [1.54, 1.807) is 0 Å². The van der Waals surface area contributed by atoms with Crippen molar-refractivity contribution in [3.63, 3.8) is 0 Å². The molecule has 0 rings (SSSR count). The number of hydrogen-bond acceptors (Lipinski definition) is 0. The molecular formula is C60H118. The second kappa shape index (κ2) is 58.0. The smallest absolute Gasteiger partial charge is 0.0169 e. The number of hydrogen-bond donors (Lipinski definition) is 0. The zero-order valence-electron chi connectivity index (χ0n) is 43.8. The van der Waals surface area contributed by atoms with Crippen molar-refractivity contribution in [1.82, 2.24) is 0 Å². The molecule has 0 aliphatic carbocycles. The molecule has 358 valence electrons. The Morgan fingerprint density at radius 1 is 0.250 bits per heavy atom. The van der Waals surface area contributed by atoms with Crippen molar-refractivity contribution in [1.29, 1.82) is 0 Å². The molecule has 0 saturated heterocycles. The summed E-state index contributed by atoms with van der Waals surface area (Å²) in [5.74, 6) is 3.71. The summed E-state index contributed by atoms with van der Waals surface area (Å²) in [4.78, 5) is 0. The third-order valence-electron chi connectivity index (χ3n) is 12.6. The molecule has 0 heteroatoms. The van der Waals surface area contributed by atoms with Gasteiger partial charge in [-0.05, 0) is 62.2 Å². The monoisotopic (exact) mass is 839 g/mol. The van der Waals surface area contributed by atoms with Crippen LogP contribution in [0.1, 0.15) is 313 Å². The first-order valence-electron chi connectivity index (χ1n) is 27.9. The molecule has 0 aromatic carbocycles. The summed E-state index contributed by atoms with van der Waals surface area (Å²) in [5, 5.41) is 0. The summed E-state index contributed by atoms with van der Waals surface area (Å²) in [6.07, 6.45) is 71.2. The van der Waals surface area contributed by atoms with Gasteiger partial charge < -0.3 is 0 Å². The highest BCUT2D eigenvalue weighted by Crippen LogP contribution is 2.22. The average Bonchev–Trinajstić information content (AvgIpc) is 3.23. The normalized spacial score (nSPS) is 13.4. The van der Waals surface area contributed by atoms with E-state index in [1.807, 2.05) is 0 Å². The Hall–Kier alpha value is -1.04. The van der Waals surface area contributed by atoms with E-state index in [-0.39, 0.29) is 0 Å². The fourth-order valence-electron chi connectivity index (χ4n) is 7.85. The highest BCUT2D eigenvalue weighted by Gasteiger charge is 2.07. The lowest BCUT2D eigenvalue weighted by molar-refractivity contribution is 0.376. The molecule has 60 heavy (non-hydrogen) atoms. The molecule has 0 aliphatic rings. The SMILES string of the molecule is CCC(C)CCCC(C)CCCC(C)CCCC(C)C.CCCC/C=C\C/C=C\C/C=C\C/C=C\CCCCC.CCCCCCCCCCCCCCCCCCCC. The molecule has 0 saturated carbocycles. The van der Waals surface area contributed by atoms with Crippen molar-refractivity contribution in [2.45, 2.75) is 313 Å². The van der Waals surface area contributed by atoms with Gasteiger partial charge in [-0.3, -0.25) is 0 Å². The zero-order chi connectivity index (χ0) is 44.8. The quantitative estimate of drug-likeness (QED) is 0.0424. The molecule has 3 unspecified atom stereocenters. The van der Waals surface area contributed by atoms with Gasteiger partial charge >= 0.3 is 0 Å². The third-order valence-corrected chi connectivity index (χ3v) is 12.6. The lowest BCUT2D eigenvalue weighted by Gasteiger charge is -2.15. The molecule has 0 aromatic heterocycles. The van der Waals surface area contributed by atoms with E-state index >= 15 is 0 Å². The van der Waals surface area contributed by atoms with Crippen molar-refractivity contribution in [2.75, 3.05) is 0 Å². The van der Waals surface area contributed by atoms with Crippen LogP contribution in [0.4, 0.5) is 0 Å². The summed E-state index contributed by atoms with van der Waals surface area (Å²) in [6, 6.07) is 0. The first kappa shape index (κ1) is 63.2. The van der Waals surface area contributed by atoms with Crippen LogP contribution in [0.25, 0.3) is 0 Å². The van der Waals surface area contributed by atoms with Gasteiger partial charge in [0.05, 0.1) is 0 Å².